The monoisotopic (exact) mass is 138 g/mol. The average molecular weight is 138 g/mol. The third-order valence-electron chi connectivity index (χ3n) is 1.14. The van der Waals surface area contributed by atoms with Gasteiger partial charge in [-0.25, -0.2) is 4.98 Å². The minimum Gasteiger partial charge on any atom is -0.364 e. The van der Waals surface area contributed by atoms with Gasteiger partial charge in [-0.1, -0.05) is 6.58 Å². The van der Waals surface area contributed by atoms with Crippen LogP contribution >= 0.6 is 0 Å². The fourth-order valence-electron chi connectivity index (χ4n) is 0.702. The van der Waals surface area contributed by atoms with Crippen LogP contribution in [0.2, 0.25) is 0 Å². The molecule has 0 unspecified atom stereocenters. The minimum absolute atomic E-state index is 0.542. The topological polar surface area (TPSA) is 27.1 Å². The maximum atomic E-state index is 4.87. The van der Waals surface area contributed by atoms with Gasteiger partial charge in [0.15, 0.2) is 0 Å². The van der Waals surface area contributed by atoms with Gasteiger partial charge in [0.25, 0.3) is 0 Å². The minimum atomic E-state index is 0.542. The van der Waals surface area contributed by atoms with Crippen LogP contribution in [0.4, 0.5) is 0 Å². The molecule has 0 aliphatic rings. The van der Waals surface area contributed by atoms with Gasteiger partial charge in [-0.15, -0.1) is 0 Å². The van der Waals surface area contributed by atoms with Crippen LogP contribution in [-0.2, 0) is 11.5 Å². The van der Waals surface area contributed by atoms with Crippen molar-refractivity contribution in [3.63, 3.8) is 0 Å². The fourth-order valence-corrected chi connectivity index (χ4v) is 0.702. The summed E-state index contributed by atoms with van der Waals surface area (Å²) in [6.07, 6.45) is 5.28. The first-order chi connectivity index (χ1) is 4.86. The second-order valence-corrected chi connectivity index (χ2v) is 1.93. The van der Waals surface area contributed by atoms with Crippen molar-refractivity contribution < 1.29 is 4.74 Å². The highest BCUT2D eigenvalue weighted by atomic mass is 16.5. The van der Waals surface area contributed by atoms with Gasteiger partial charge in [0.2, 0.25) is 0 Å². The number of nitrogens with zero attached hydrogens (tertiary/aromatic N) is 2. The zero-order valence-corrected chi connectivity index (χ0v) is 5.95. The number of methoxy groups -OCH3 is 1. The Kier molecular flexibility index (Phi) is 2.23. The summed E-state index contributed by atoms with van der Waals surface area (Å²) in [5.74, 6) is 0. The van der Waals surface area contributed by atoms with Crippen LogP contribution in [0, 0.1) is 0 Å². The molecule has 1 aromatic rings. The largest absolute Gasteiger partial charge is 0.364 e. The Bertz CT molecular complexity index is 217. The molecule has 1 rings (SSSR count). The number of rotatable bonds is 3. The first-order valence-corrected chi connectivity index (χ1v) is 3.00. The third kappa shape index (κ3) is 1.45. The highest BCUT2D eigenvalue weighted by Crippen LogP contribution is 1.96. The molecule has 0 amide bonds. The molecule has 0 bridgehead atoms. The summed E-state index contributed by atoms with van der Waals surface area (Å²) in [5, 5.41) is 0. The number of hydrogen-bond acceptors (Lipinski definition) is 2. The van der Waals surface area contributed by atoms with Crippen LogP contribution in [-0.4, -0.2) is 16.7 Å². The van der Waals surface area contributed by atoms with Crippen molar-refractivity contribution in [2.24, 2.45) is 0 Å². The second kappa shape index (κ2) is 3.17. The molecule has 1 heterocycles. The fraction of sp³-hybridized carbons (Fsp3) is 0.286. The number of imidazole rings is 1. The van der Waals surface area contributed by atoms with E-state index in [4.69, 9.17) is 4.74 Å². The summed E-state index contributed by atoms with van der Waals surface area (Å²) < 4.78 is 6.72. The van der Waals surface area contributed by atoms with Crippen molar-refractivity contribution in [2.45, 2.75) is 6.73 Å². The molecule has 3 nitrogen and oxygen atoms in total. The Morgan fingerprint density at radius 3 is 3.20 bits per heavy atom. The lowest BCUT2D eigenvalue weighted by Crippen LogP contribution is -1.94. The van der Waals surface area contributed by atoms with Crippen molar-refractivity contribution in [2.75, 3.05) is 7.11 Å². The Hall–Kier alpha value is -1.09. The van der Waals surface area contributed by atoms with Gasteiger partial charge in [0.1, 0.15) is 6.73 Å². The predicted octanol–water partition coefficient (Wildman–Crippen LogP) is 1.13. The molecule has 0 saturated carbocycles. The van der Waals surface area contributed by atoms with Gasteiger partial charge in [0.05, 0.1) is 12.0 Å². The SMILES string of the molecule is C=Cc1cn(COC)cn1. The van der Waals surface area contributed by atoms with Gasteiger partial charge in [-0.05, 0) is 6.08 Å². The first kappa shape index (κ1) is 7.02. The second-order valence-electron chi connectivity index (χ2n) is 1.93. The lowest BCUT2D eigenvalue weighted by Gasteiger charge is -1.95. The smallest absolute Gasteiger partial charge is 0.123 e. The molecule has 0 aliphatic heterocycles. The summed E-state index contributed by atoms with van der Waals surface area (Å²) in [6, 6.07) is 0. The molecule has 10 heavy (non-hydrogen) atoms. The summed E-state index contributed by atoms with van der Waals surface area (Å²) >= 11 is 0. The van der Waals surface area contributed by atoms with Gasteiger partial charge < -0.3 is 9.30 Å². The van der Waals surface area contributed by atoms with E-state index in [1.165, 1.54) is 0 Å². The maximum Gasteiger partial charge on any atom is 0.123 e. The predicted molar refractivity (Wildman–Crippen MR) is 39.3 cm³/mol. The molecule has 0 radical (unpaired) electrons. The highest BCUT2D eigenvalue weighted by Gasteiger charge is 1.90. The van der Waals surface area contributed by atoms with Crippen molar-refractivity contribution in [1.82, 2.24) is 9.55 Å². The summed E-state index contributed by atoms with van der Waals surface area (Å²) in [5.41, 5.74) is 0.872. The molecule has 0 N–H and O–H groups in total. The normalized spacial score (nSPS) is 9.70. The first-order valence-electron chi connectivity index (χ1n) is 3.00. The van der Waals surface area contributed by atoms with E-state index < -0.39 is 0 Å². The third-order valence-corrected chi connectivity index (χ3v) is 1.14. The van der Waals surface area contributed by atoms with Crippen molar-refractivity contribution in [3.05, 3.63) is 24.8 Å². The van der Waals surface area contributed by atoms with E-state index in [-0.39, 0.29) is 0 Å². The maximum absolute atomic E-state index is 4.87. The van der Waals surface area contributed by atoms with E-state index in [0.717, 1.165) is 5.69 Å². The van der Waals surface area contributed by atoms with Gasteiger partial charge in [0, 0.05) is 13.3 Å². The van der Waals surface area contributed by atoms with Crippen LogP contribution in [0.5, 0.6) is 0 Å². The van der Waals surface area contributed by atoms with Crippen molar-refractivity contribution in [3.8, 4) is 0 Å². The van der Waals surface area contributed by atoms with Crippen LogP contribution < -0.4 is 0 Å². The Labute approximate surface area is 60.0 Å². The van der Waals surface area contributed by atoms with Crippen LogP contribution in [0.25, 0.3) is 6.08 Å². The zero-order valence-electron chi connectivity index (χ0n) is 5.95. The van der Waals surface area contributed by atoms with Crippen LogP contribution in [0.15, 0.2) is 19.1 Å². The molecular weight excluding hydrogens is 128 g/mol. The summed E-state index contributed by atoms with van der Waals surface area (Å²) in [4.78, 5) is 4.02. The molecule has 3 heteroatoms. The van der Waals surface area contributed by atoms with E-state index in [9.17, 15) is 0 Å². The molecule has 54 valence electrons. The highest BCUT2D eigenvalue weighted by molar-refractivity contribution is 5.39. The standard InChI is InChI=1S/C7H10N2O/c1-3-7-4-9(5-8-7)6-10-2/h3-5H,1,6H2,2H3. The number of hydrogen-bond donors (Lipinski definition) is 0. The molecule has 0 spiro atoms. The molecule has 0 saturated heterocycles. The number of ether oxygens (including phenoxy) is 1. The molecule has 1 aromatic heterocycles. The summed E-state index contributed by atoms with van der Waals surface area (Å²) in [6.45, 7) is 4.13. The molecular formula is C7H10N2O. The molecule has 0 aromatic carbocycles. The van der Waals surface area contributed by atoms with Crippen LogP contribution in [0.3, 0.4) is 0 Å². The van der Waals surface area contributed by atoms with Crippen molar-refractivity contribution in [1.29, 1.82) is 0 Å². The Balaban J connectivity index is 2.68. The van der Waals surface area contributed by atoms with E-state index in [1.54, 1.807) is 19.5 Å². The Morgan fingerprint density at radius 1 is 1.90 bits per heavy atom. The number of aromatic nitrogens is 2. The molecule has 0 fully saturated rings. The molecule has 0 atom stereocenters. The lowest BCUT2D eigenvalue weighted by molar-refractivity contribution is 0.131. The van der Waals surface area contributed by atoms with Gasteiger partial charge in [-0.2, -0.15) is 0 Å². The van der Waals surface area contributed by atoms with Gasteiger partial charge in [-0.3, -0.25) is 0 Å². The average Bonchev–Trinajstić information content (AvgIpc) is 2.37. The summed E-state index contributed by atoms with van der Waals surface area (Å²) in [7, 11) is 1.65. The zero-order chi connectivity index (χ0) is 7.40. The Morgan fingerprint density at radius 2 is 2.70 bits per heavy atom. The lowest BCUT2D eigenvalue weighted by atomic mass is 10.5. The van der Waals surface area contributed by atoms with E-state index in [2.05, 4.69) is 11.6 Å². The quantitative estimate of drug-likeness (QED) is 0.626. The van der Waals surface area contributed by atoms with E-state index in [1.807, 2.05) is 10.8 Å². The van der Waals surface area contributed by atoms with Crippen molar-refractivity contribution >= 4 is 6.08 Å². The van der Waals surface area contributed by atoms with E-state index >= 15 is 0 Å². The van der Waals surface area contributed by atoms with Crippen LogP contribution in [0.1, 0.15) is 5.69 Å². The van der Waals surface area contributed by atoms with Gasteiger partial charge >= 0.3 is 0 Å². The molecule has 0 aliphatic carbocycles. The van der Waals surface area contributed by atoms with E-state index in [0.29, 0.717) is 6.73 Å².